The van der Waals surface area contributed by atoms with Gasteiger partial charge in [0, 0.05) is 6.04 Å². The van der Waals surface area contributed by atoms with E-state index in [0.29, 0.717) is 5.92 Å². The maximum absolute atomic E-state index is 12.5. The van der Waals surface area contributed by atoms with E-state index >= 15 is 0 Å². The van der Waals surface area contributed by atoms with Crippen molar-refractivity contribution in [3.63, 3.8) is 0 Å². The molecule has 0 spiro atoms. The smallest absolute Gasteiger partial charge is 0.214 e. The Labute approximate surface area is 117 Å². The van der Waals surface area contributed by atoms with E-state index in [1.807, 2.05) is 0 Å². The standard InChI is InChI=1S/C14H28N2O2S/c1-2-14(12-6-4-3-5-7-12)16-19(17,18)13-8-10-15-11-9-13/h12-16H,2-11H2,1H3. The van der Waals surface area contributed by atoms with Gasteiger partial charge >= 0.3 is 0 Å². The zero-order chi connectivity index (χ0) is 13.7. The van der Waals surface area contributed by atoms with Crippen molar-refractivity contribution in [2.45, 2.75) is 69.6 Å². The second kappa shape index (κ2) is 7.04. The van der Waals surface area contributed by atoms with E-state index in [9.17, 15) is 8.42 Å². The fourth-order valence-electron chi connectivity index (χ4n) is 3.46. The highest BCUT2D eigenvalue weighted by molar-refractivity contribution is 7.90. The van der Waals surface area contributed by atoms with Gasteiger partial charge in [0.25, 0.3) is 0 Å². The number of rotatable bonds is 5. The van der Waals surface area contributed by atoms with Crippen LogP contribution in [0.5, 0.6) is 0 Å². The van der Waals surface area contributed by atoms with Crippen molar-refractivity contribution in [2.75, 3.05) is 13.1 Å². The Bertz CT molecular complexity index is 358. The van der Waals surface area contributed by atoms with Gasteiger partial charge in [-0.1, -0.05) is 26.2 Å². The summed E-state index contributed by atoms with van der Waals surface area (Å²) in [5.74, 6) is 0.551. The summed E-state index contributed by atoms with van der Waals surface area (Å²) < 4.78 is 27.9. The van der Waals surface area contributed by atoms with Gasteiger partial charge in [-0.15, -0.1) is 0 Å². The lowest BCUT2D eigenvalue weighted by atomic mass is 9.83. The molecule has 2 rings (SSSR count). The summed E-state index contributed by atoms with van der Waals surface area (Å²) in [6.07, 6.45) is 8.61. The largest absolute Gasteiger partial charge is 0.317 e. The van der Waals surface area contributed by atoms with Crippen molar-refractivity contribution in [1.29, 1.82) is 0 Å². The van der Waals surface area contributed by atoms with Crippen LogP contribution in [-0.4, -0.2) is 32.8 Å². The molecule has 0 bridgehead atoms. The van der Waals surface area contributed by atoms with Crippen molar-refractivity contribution < 1.29 is 8.42 Å². The Hall–Kier alpha value is -0.130. The van der Waals surface area contributed by atoms with Crippen molar-refractivity contribution in [3.05, 3.63) is 0 Å². The molecule has 0 amide bonds. The van der Waals surface area contributed by atoms with E-state index < -0.39 is 10.0 Å². The van der Waals surface area contributed by atoms with Crippen LogP contribution in [0, 0.1) is 5.92 Å². The van der Waals surface area contributed by atoms with Crippen LogP contribution in [-0.2, 0) is 10.0 Å². The molecule has 0 radical (unpaired) electrons. The summed E-state index contributed by atoms with van der Waals surface area (Å²) in [6.45, 7) is 3.75. The van der Waals surface area contributed by atoms with E-state index in [4.69, 9.17) is 0 Å². The van der Waals surface area contributed by atoms with Gasteiger partial charge in [0.2, 0.25) is 10.0 Å². The molecule has 4 nitrogen and oxygen atoms in total. The molecule has 2 fully saturated rings. The predicted molar refractivity (Wildman–Crippen MR) is 78.6 cm³/mol. The van der Waals surface area contributed by atoms with Gasteiger partial charge in [0.05, 0.1) is 5.25 Å². The molecule has 2 N–H and O–H groups in total. The van der Waals surface area contributed by atoms with Crippen molar-refractivity contribution in [2.24, 2.45) is 5.92 Å². The lowest BCUT2D eigenvalue weighted by molar-refractivity contribution is 0.284. The Balaban J connectivity index is 1.95. The molecular weight excluding hydrogens is 260 g/mol. The lowest BCUT2D eigenvalue weighted by Crippen LogP contribution is -2.47. The van der Waals surface area contributed by atoms with Crippen LogP contribution in [0.15, 0.2) is 0 Å². The molecule has 112 valence electrons. The van der Waals surface area contributed by atoms with Gasteiger partial charge < -0.3 is 5.32 Å². The van der Waals surface area contributed by atoms with E-state index in [-0.39, 0.29) is 11.3 Å². The van der Waals surface area contributed by atoms with Gasteiger partial charge in [-0.25, -0.2) is 13.1 Å². The minimum atomic E-state index is -3.13. The lowest BCUT2D eigenvalue weighted by Gasteiger charge is -2.32. The van der Waals surface area contributed by atoms with Crippen LogP contribution in [0.4, 0.5) is 0 Å². The molecule has 1 unspecified atom stereocenters. The summed E-state index contributed by atoms with van der Waals surface area (Å²) in [4.78, 5) is 0. The third-order valence-corrected chi connectivity index (χ3v) is 6.68. The first-order valence-electron chi connectivity index (χ1n) is 7.85. The Morgan fingerprint density at radius 3 is 2.32 bits per heavy atom. The maximum Gasteiger partial charge on any atom is 0.214 e. The fraction of sp³-hybridized carbons (Fsp3) is 1.00. The maximum atomic E-state index is 12.5. The molecule has 0 aromatic rings. The Morgan fingerprint density at radius 2 is 1.74 bits per heavy atom. The number of piperidine rings is 1. The molecule has 0 aromatic carbocycles. The minimum Gasteiger partial charge on any atom is -0.317 e. The first-order chi connectivity index (χ1) is 9.13. The van der Waals surface area contributed by atoms with Crippen molar-refractivity contribution >= 4 is 10.0 Å². The quantitative estimate of drug-likeness (QED) is 0.813. The molecule has 0 aromatic heterocycles. The van der Waals surface area contributed by atoms with Gasteiger partial charge in [-0.2, -0.15) is 0 Å². The van der Waals surface area contributed by atoms with Gasteiger partial charge in [-0.3, -0.25) is 0 Å². The van der Waals surface area contributed by atoms with Gasteiger partial charge in [0.1, 0.15) is 0 Å². The number of sulfonamides is 1. The minimum absolute atomic E-state index is 0.153. The van der Waals surface area contributed by atoms with E-state index in [1.54, 1.807) is 0 Å². The molecule has 2 aliphatic rings. The molecule has 1 heterocycles. The molecule has 5 heteroatoms. The third-order valence-electron chi connectivity index (χ3n) is 4.70. The monoisotopic (exact) mass is 288 g/mol. The summed E-state index contributed by atoms with van der Waals surface area (Å²) >= 11 is 0. The molecule has 1 saturated carbocycles. The normalized spacial score (nSPS) is 25.3. The second-order valence-electron chi connectivity index (χ2n) is 6.03. The molecule has 19 heavy (non-hydrogen) atoms. The summed E-state index contributed by atoms with van der Waals surface area (Å²) in [5.41, 5.74) is 0. The van der Waals surface area contributed by atoms with Crippen LogP contribution in [0.2, 0.25) is 0 Å². The highest BCUT2D eigenvalue weighted by Crippen LogP contribution is 2.28. The van der Waals surface area contributed by atoms with Crippen LogP contribution in [0.25, 0.3) is 0 Å². The highest BCUT2D eigenvalue weighted by Gasteiger charge is 2.31. The SMILES string of the molecule is CCC(NS(=O)(=O)C1CCNCC1)C1CCCCC1. The van der Waals surface area contributed by atoms with Crippen molar-refractivity contribution in [3.8, 4) is 0 Å². The second-order valence-corrected chi connectivity index (χ2v) is 8.02. The predicted octanol–water partition coefficient (Wildman–Crippen LogP) is 2.02. The zero-order valence-electron chi connectivity index (χ0n) is 12.0. The van der Waals surface area contributed by atoms with Crippen LogP contribution in [0.1, 0.15) is 58.3 Å². The number of hydrogen-bond acceptors (Lipinski definition) is 3. The first kappa shape index (κ1) is 15.3. The Morgan fingerprint density at radius 1 is 1.11 bits per heavy atom. The van der Waals surface area contributed by atoms with Crippen LogP contribution >= 0.6 is 0 Å². The molecule has 1 aliphatic carbocycles. The fourth-order valence-corrected chi connectivity index (χ4v) is 5.29. The zero-order valence-corrected chi connectivity index (χ0v) is 12.8. The third kappa shape index (κ3) is 4.17. The van der Waals surface area contributed by atoms with Crippen LogP contribution < -0.4 is 10.0 Å². The van der Waals surface area contributed by atoms with Gasteiger partial charge in [0.15, 0.2) is 0 Å². The molecule has 1 saturated heterocycles. The van der Waals surface area contributed by atoms with Crippen molar-refractivity contribution in [1.82, 2.24) is 10.0 Å². The molecular formula is C14H28N2O2S. The van der Waals surface area contributed by atoms with Gasteiger partial charge in [-0.05, 0) is 51.1 Å². The number of nitrogens with one attached hydrogen (secondary N) is 2. The van der Waals surface area contributed by atoms with E-state index in [1.165, 1.54) is 32.1 Å². The summed E-state index contributed by atoms with van der Waals surface area (Å²) in [6, 6.07) is 0.153. The number of hydrogen-bond donors (Lipinski definition) is 2. The van der Waals surface area contributed by atoms with Crippen LogP contribution in [0.3, 0.4) is 0 Å². The first-order valence-corrected chi connectivity index (χ1v) is 9.40. The average Bonchev–Trinajstić information content (AvgIpc) is 2.47. The Kier molecular flexibility index (Phi) is 5.66. The highest BCUT2D eigenvalue weighted by atomic mass is 32.2. The summed E-state index contributed by atoms with van der Waals surface area (Å²) in [7, 11) is -3.13. The van der Waals surface area contributed by atoms with E-state index in [2.05, 4.69) is 17.0 Å². The van der Waals surface area contributed by atoms with E-state index in [0.717, 1.165) is 32.4 Å². The molecule has 1 aliphatic heterocycles. The summed E-state index contributed by atoms with van der Waals surface area (Å²) in [5, 5.41) is 3.04. The topological polar surface area (TPSA) is 58.2 Å². The molecule has 1 atom stereocenters. The average molecular weight is 288 g/mol.